The second kappa shape index (κ2) is 5.06. The Morgan fingerprint density at radius 1 is 0.870 bits per heavy atom. The Morgan fingerprint density at radius 2 is 1.39 bits per heavy atom. The van der Waals surface area contributed by atoms with Crippen LogP contribution in [0, 0.1) is 0 Å². The highest BCUT2D eigenvalue weighted by molar-refractivity contribution is 6.62. The van der Waals surface area contributed by atoms with E-state index in [4.69, 9.17) is 18.8 Å². The van der Waals surface area contributed by atoms with Crippen LogP contribution >= 0.6 is 0 Å². The molecule has 1 aliphatic carbocycles. The minimum atomic E-state index is -0.298. The van der Waals surface area contributed by atoms with Gasteiger partial charge in [-0.3, -0.25) is 0 Å². The molecule has 0 aromatic heterocycles. The number of hydrogen-bond donors (Lipinski definition) is 0. The van der Waals surface area contributed by atoms with Gasteiger partial charge in [-0.15, -0.1) is 0 Å². The Morgan fingerprint density at radius 3 is 1.91 bits per heavy atom. The lowest BCUT2D eigenvalue weighted by molar-refractivity contribution is -0.215. The Kier molecular flexibility index (Phi) is 3.44. The zero-order valence-electron chi connectivity index (χ0n) is 14.4. The second-order valence-electron chi connectivity index (χ2n) is 7.97. The molecule has 0 unspecified atom stereocenters. The third-order valence-corrected chi connectivity index (χ3v) is 5.86. The molecule has 0 radical (unpaired) electrons. The maximum absolute atomic E-state index is 6.10. The van der Waals surface area contributed by atoms with Crippen molar-refractivity contribution < 1.29 is 18.8 Å². The highest BCUT2D eigenvalue weighted by atomic mass is 16.7. The molecule has 3 aliphatic rings. The molecular formula is C18H25BO4. The van der Waals surface area contributed by atoms with E-state index in [-0.39, 0.29) is 24.1 Å². The van der Waals surface area contributed by atoms with Crippen LogP contribution in [0.3, 0.4) is 0 Å². The van der Waals surface area contributed by atoms with Crippen molar-refractivity contribution in [3.05, 3.63) is 29.8 Å². The average Bonchev–Trinajstić information content (AvgIpc) is 3.01. The van der Waals surface area contributed by atoms with Gasteiger partial charge in [-0.25, -0.2) is 0 Å². The Labute approximate surface area is 138 Å². The molecule has 0 N–H and O–H groups in total. The van der Waals surface area contributed by atoms with Gasteiger partial charge in [0.2, 0.25) is 0 Å². The van der Waals surface area contributed by atoms with Crippen molar-refractivity contribution in [1.29, 1.82) is 0 Å². The highest BCUT2D eigenvalue weighted by Gasteiger charge is 2.52. The predicted molar refractivity (Wildman–Crippen MR) is 88.8 cm³/mol. The van der Waals surface area contributed by atoms with E-state index >= 15 is 0 Å². The molecule has 1 spiro atoms. The molecule has 3 fully saturated rings. The smallest absolute Gasteiger partial charge is 0.399 e. The fourth-order valence-electron chi connectivity index (χ4n) is 3.56. The number of hydrogen-bond acceptors (Lipinski definition) is 4. The first-order chi connectivity index (χ1) is 10.8. The zero-order chi connectivity index (χ0) is 16.3. The van der Waals surface area contributed by atoms with Gasteiger partial charge in [-0.05, 0) is 44.6 Å². The van der Waals surface area contributed by atoms with Crippen LogP contribution in [0.4, 0.5) is 0 Å². The summed E-state index contributed by atoms with van der Waals surface area (Å²) in [4.78, 5) is 0. The SMILES string of the molecule is CC1(C)OB(c2ccc(C3CC4(C3)OCCO4)cc2)OC1(C)C. The maximum Gasteiger partial charge on any atom is 0.494 e. The molecule has 23 heavy (non-hydrogen) atoms. The van der Waals surface area contributed by atoms with Crippen molar-refractivity contribution in [2.45, 2.75) is 63.4 Å². The normalized spacial score (nSPS) is 28.3. The van der Waals surface area contributed by atoms with Crippen LogP contribution in [0.15, 0.2) is 24.3 Å². The first-order valence-corrected chi connectivity index (χ1v) is 8.54. The van der Waals surface area contributed by atoms with Crippen molar-refractivity contribution in [2.75, 3.05) is 13.2 Å². The van der Waals surface area contributed by atoms with Crippen LogP contribution in [-0.4, -0.2) is 37.3 Å². The Bertz CT molecular complexity index is 566. The maximum atomic E-state index is 6.10. The van der Waals surface area contributed by atoms with Gasteiger partial charge < -0.3 is 18.8 Å². The van der Waals surface area contributed by atoms with Crippen LogP contribution in [0.5, 0.6) is 0 Å². The van der Waals surface area contributed by atoms with Crippen LogP contribution in [0.2, 0.25) is 0 Å². The molecule has 124 valence electrons. The summed E-state index contributed by atoms with van der Waals surface area (Å²) in [6.45, 7) is 9.78. The fraction of sp³-hybridized carbons (Fsp3) is 0.667. The molecule has 2 aliphatic heterocycles. The minimum absolute atomic E-state index is 0.283. The monoisotopic (exact) mass is 316 g/mol. The molecule has 2 heterocycles. The van der Waals surface area contributed by atoms with Gasteiger partial charge in [-0.1, -0.05) is 24.3 Å². The van der Waals surface area contributed by atoms with Crippen LogP contribution in [0.25, 0.3) is 0 Å². The summed E-state index contributed by atoms with van der Waals surface area (Å²) < 4.78 is 23.6. The molecule has 0 amide bonds. The van der Waals surface area contributed by atoms with Crippen molar-refractivity contribution in [2.24, 2.45) is 0 Å². The van der Waals surface area contributed by atoms with Gasteiger partial charge in [0.15, 0.2) is 5.79 Å². The first-order valence-electron chi connectivity index (χ1n) is 8.54. The molecule has 1 aromatic rings. The molecule has 2 saturated heterocycles. The summed E-state index contributed by atoms with van der Waals surface area (Å²) in [6, 6.07) is 8.62. The van der Waals surface area contributed by atoms with Gasteiger partial charge in [0.1, 0.15) is 0 Å². The van der Waals surface area contributed by atoms with Crippen LogP contribution in [0.1, 0.15) is 52.0 Å². The largest absolute Gasteiger partial charge is 0.494 e. The molecule has 4 nitrogen and oxygen atoms in total. The number of rotatable bonds is 2. The van der Waals surface area contributed by atoms with E-state index in [2.05, 4.69) is 52.0 Å². The molecule has 0 atom stereocenters. The van der Waals surface area contributed by atoms with E-state index in [0.29, 0.717) is 5.92 Å². The summed E-state index contributed by atoms with van der Waals surface area (Å²) in [6.07, 6.45) is 1.92. The molecule has 0 bridgehead atoms. The van der Waals surface area contributed by atoms with Crippen molar-refractivity contribution >= 4 is 12.6 Å². The standard InChI is InChI=1S/C18H25BO4/c1-16(2)17(3,4)23-19(22-16)15-7-5-13(6-8-15)14-11-18(12-14)20-9-10-21-18/h5-8,14H,9-12H2,1-4H3. The van der Waals surface area contributed by atoms with Crippen LogP contribution in [-0.2, 0) is 18.8 Å². The zero-order valence-corrected chi connectivity index (χ0v) is 14.4. The van der Waals surface area contributed by atoms with Crippen molar-refractivity contribution in [3.8, 4) is 0 Å². The molecule has 5 heteroatoms. The predicted octanol–water partition coefficient (Wildman–Crippen LogP) is 2.61. The number of ether oxygens (including phenoxy) is 2. The van der Waals surface area contributed by atoms with E-state index in [0.717, 1.165) is 31.5 Å². The summed E-state index contributed by atoms with van der Waals surface area (Å²) >= 11 is 0. The first kappa shape index (κ1) is 15.6. The summed E-state index contributed by atoms with van der Waals surface area (Å²) in [5.41, 5.74) is 1.83. The van der Waals surface area contributed by atoms with E-state index < -0.39 is 0 Å². The lowest BCUT2D eigenvalue weighted by Crippen LogP contribution is -2.43. The molecule has 1 saturated carbocycles. The van der Waals surface area contributed by atoms with Crippen molar-refractivity contribution in [3.63, 3.8) is 0 Å². The van der Waals surface area contributed by atoms with Crippen molar-refractivity contribution in [1.82, 2.24) is 0 Å². The third-order valence-electron chi connectivity index (χ3n) is 5.86. The van der Waals surface area contributed by atoms with Crippen LogP contribution < -0.4 is 5.46 Å². The second-order valence-corrected chi connectivity index (χ2v) is 7.97. The lowest BCUT2D eigenvalue weighted by atomic mass is 9.72. The van der Waals surface area contributed by atoms with Gasteiger partial charge in [0.25, 0.3) is 0 Å². The van der Waals surface area contributed by atoms with E-state index in [1.807, 2.05) is 0 Å². The van der Waals surface area contributed by atoms with E-state index in [1.54, 1.807) is 0 Å². The quantitative estimate of drug-likeness (QED) is 0.786. The minimum Gasteiger partial charge on any atom is -0.399 e. The Hall–Kier alpha value is -0.875. The molecular weight excluding hydrogens is 291 g/mol. The number of benzene rings is 1. The van der Waals surface area contributed by atoms with Gasteiger partial charge in [-0.2, -0.15) is 0 Å². The summed E-state index contributed by atoms with van der Waals surface area (Å²) in [5.74, 6) is 0.246. The lowest BCUT2D eigenvalue weighted by Gasteiger charge is -2.43. The summed E-state index contributed by atoms with van der Waals surface area (Å²) in [5, 5.41) is 0. The fourth-order valence-corrected chi connectivity index (χ4v) is 3.56. The topological polar surface area (TPSA) is 36.9 Å². The third kappa shape index (κ3) is 2.54. The Balaban J connectivity index is 1.43. The highest BCUT2D eigenvalue weighted by Crippen LogP contribution is 2.49. The van der Waals surface area contributed by atoms with Gasteiger partial charge in [0.05, 0.1) is 24.4 Å². The van der Waals surface area contributed by atoms with E-state index in [1.165, 1.54) is 5.56 Å². The average molecular weight is 316 g/mol. The molecule has 1 aromatic carbocycles. The van der Waals surface area contributed by atoms with Gasteiger partial charge >= 0.3 is 7.12 Å². The molecule has 4 rings (SSSR count). The van der Waals surface area contributed by atoms with Gasteiger partial charge in [0, 0.05) is 12.8 Å². The summed E-state index contributed by atoms with van der Waals surface area (Å²) in [7, 11) is -0.289. The van der Waals surface area contributed by atoms with E-state index in [9.17, 15) is 0 Å².